The van der Waals surface area contributed by atoms with Gasteiger partial charge >= 0.3 is 0 Å². The molecule has 154 valence electrons. The summed E-state index contributed by atoms with van der Waals surface area (Å²) in [5.41, 5.74) is 9.84. The van der Waals surface area contributed by atoms with E-state index in [-0.39, 0.29) is 18.0 Å². The quantitative estimate of drug-likeness (QED) is 0.563. The summed E-state index contributed by atoms with van der Waals surface area (Å²) in [6.45, 7) is 2.00. The third-order valence-corrected chi connectivity index (χ3v) is 5.42. The number of benzene rings is 1. The van der Waals surface area contributed by atoms with Crippen LogP contribution in [0.25, 0.3) is 11.3 Å². The van der Waals surface area contributed by atoms with Crippen LogP contribution in [-0.4, -0.2) is 32.9 Å². The maximum absolute atomic E-state index is 12.5. The van der Waals surface area contributed by atoms with Gasteiger partial charge in [-0.15, -0.1) is 0 Å². The summed E-state index contributed by atoms with van der Waals surface area (Å²) in [4.78, 5) is 25.9. The second kappa shape index (κ2) is 8.90. The third kappa shape index (κ3) is 4.74. The fourth-order valence-electron chi connectivity index (χ4n) is 3.84. The highest BCUT2D eigenvalue weighted by Gasteiger charge is 2.24. The second-order valence-electron chi connectivity index (χ2n) is 7.77. The van der Waals surface area contributed by atoms with Gasteiger partial charge in [0.25, 0.3) is 5.91 Å². The van der Waals surface area contributed by atoms with E-state index in [0.29, 0.717) is 17.2 Å². The molecule has 2 atom stereocenters. The molecule has 3 aromatic rings. The summed E-state index contributed by atoms with van der Waals surface area (Å²) in [6.07, 6.45) is 9.25. The molecule has 4 rings (SSSR count). The van der Waals surface area contributed by atoms with Crippen molar-refractivity contribution in [2.75, 3.05) is 11.1 Å². The predicted molar refractivity (Wildman–Crippen MR) is 118 cm³/mol. The van der Waals surface area contributed by atoms with Gasteiger partial charge in [-0.05, 0) is 74.6 Å². The number of nitrogens with one attached hydrogen (secondary N) is 2. The monoisotopic (exact) mass is 402 g/mol. The van der Waals surface area contributed by atoms with E-state index in [0.717, 1.165) is 42.5 Å². The SMILES string of the molecule is Cc1cnc(N[C@@H]2CCC[C@H](NC(=O)c3ccc(N)cc3)C2)nc1-c1cccnc1. The standard InChI is InChI=1S/C23H26N6O/c1-15-13-26-23(29-21(15)17-4-3-11-25-14-17)28-20-6-2-5-19(12-20)27-22(30)16-7-9-18(24)10-8-16/h3-4,7-11,13-14,19-20H,2,5-6,12,24H2,1H3,(H,27,30)(H,26,28,29)/t19-,20+/m0/s1. The number of carbonyl (C=O) groups is 1. The van der Waals surface area contributed by atoms with Crippen molar-refractivity contribution in [2.24, 2.45) is 0 Å². The van der Waals surface area contributed by atoms with Gasteiger partial charge in [-0.2, -0.15) is 0 Å². The Morgan fingerprint density at radius 2 is 1.90 bits per heavy atom. The number of hydrogen-bond acceptors (Lipinski definition) is 6. The molecule has 1 saturated carbocycles. The molecule has 0 bridgehead atoms. The molecule has 0 unspecified atom stereocenters. The molecule has 2 heterocycles. The molecule has 2 aromatic heterocycles. The van der Waals surface area contributed by atoms with Gasteiger partial charge in [0.2, 0.25) is 5.95 Å². The van der Waals surface area contributed by atoms with Crippen molar-refractivity contribution in [1.82, 2.24) is 20.3 Å². The number of pyridine rings is 1. The Morgan fingerprint density at radius 1 is 1.10 bits per heavy atom. The van der Waals surface area contributed by atoms with Crippen LogP contribution in [-0.2, 0) is 0 Å². The summed E-state index contributed by atoms with van der Waals surface area (Å²) in [6, 6.07) is 11.2. The Labute approximate surface area is 176 Å². The predicted octanol–water partition coefficient (Wildman–Crippen LogP) is 3.58. The first-order chi connectivity index (χ1) is 14.6. The molecule has 0 spiro atoms. The van der Waals surface area contributed by atoms with Gasteiger partial charge < -0.3 is 16.4 Å². The first-order valence-corrected chi connectivity index (χ1v) is 10.3. The van der Waals surface area contributed by atoms with Crippen molar-refractivity contribution in [1.29, 1.82) is 0 Å². The Hall–Kier alpha value is -3.48. The summed E-state index contributed by atoms with van der Waals surface area (Å²) >= 11 is 0. The zero-order valence-corrected chi connectivity index (χ0v) is 17.0. The fraction of sp³-hybridized carbons (Fsp3) is 0.304. The number of hydrogen-bond donors (Lipinski definition) is 3. The molecule has 1 amide bonds. The van der Waals surface area contributed by atoms with Crippen LogP contribution in [0.4, 0.5) is 11.6 Å². The minimum absolute atomic E-state index is 0.0638. The molecule has 0 aliphatic heterocycles. The van der Waals surface area contributed by atoms with Gasteiger partial charge in [-0.1, -0.05) is 0 Å². The number of carbonyl (C=O) groups excluding carboxylic acids is 1. The van der Waals surface area contributed by atoms with Gasteiger partial charge in [0, 0.05) is 47.5 Å². The number of nitrogens with two attached hydrogens (primary N) is 1. The number of aryl methyl sites for hydroxylation is 1. The van der Waals surface area contributed by atoms with E-state index in [9.17, 15) is 4.79 Å². The van der Waals surface area contributed by atoms with Crippen LogP contribution < -0.4 is 16.4 Å². The van der Waals surface area contributed by atoms with Crippen molar-refractivity contribution in [3.05, 3.63) is 66.1 Å². The average molecular weight is 403 g/mol. The highest BCUT2D eigenvalue weighted by Crippen LogP contribution is 2.24. The highest BCUT2D eigenvalue weighted by atomic mass is 16.1. The lowest BCUT2D eigenvalue weighted by molar-refractivity contribution is 0.0926. The lowest BCUT2D eigenvalue weighted by atomic mass is 9.91. The minimum atomic E-state index is -0.0638. The van der Waals surface area contributed by atoms with Crippen LogP contribution in [0.15, 0.2) is 55.0 Å². The Morgan fingerprint density at radius 3 is 2.67 bits per heavy atom. The summed E-state index contributed by atoms with van der Waals surface area (Å²) in [5.74, 6) is 0.543. The van der Waals surface area contributed by atoms with E-state index in [1.54, 1.807) is 30.5 Å². The van der Waals surface area contributed by atoms with E-state index in [2.05, 4.69) is 20.6 Å². The van der Waals surface area contributed by atoms with E-state index >= 15 is 0 Å². The molecule has 4 N–H and O–H groups in total. The summed E-state index contributed by atoms with van der Waals surface area (Å²) in [5, 5.41) is 6.61. The van der Waals surface area contributed by atoms with Crippen molar-refractivity contribution in [3.63, 3.8) is 0 Å². The molecule has 1 aromatic carbocycles. The van der Waals surface area contributed by atoms with Gasteiger partial charge in [-0.3, -0.25) is 9.78 Å². The van der Waals surface area contributed by atoms with E-state index in [1.807, 2.05) is 31.5 Å². The van der Waals surface area contributed by atoms with Crippen molar-refractivity contribution < 1.29 is 4.79 Å². The molecule has 30 heavy (non-hydrogen) atoms. The maximum atomic E-state index is 12.5. The topological polar surface area (TPSA) is 106 Å². The first-order valence-electron chi connectivity index (χ1n) is 10.3. The number of rotatable bonds is 5. The minimum Gasteiger partial charge on any atom is -0.399 e. The van der Waals surface area contributed by atoms with E-state index in [1.165, 1.54) is 0 Å². The van der Waals surface area contributed by atoms with Gasteiger partial charge in [0.1, 0.15) is 0 Å². The molecule has 7 heteroatoms. The van der Waals surface area contributed by atoms with Gasteiger partial charge in [-0.25, -0.2) is 9.97 Å². The first kappa shape index (κ1) is 19.8. The van der Waals surface area contributed by atoms with Crippen molar-refractivity contribution in [2.45, 2.75) is 44.7 Å². The normalized spacial score (nSPS) is 18.6. The number of nitrogens with zero attached hydrogens (tertiary/aromatic N) is 3. The molecule has 1 aliphatic rings. The highest BCUT2D eigenvalue weighted by molar-refractivity contribution is 5.94. The van der Waals surface area contributed by atoms with E-state index < -0.39 is 0 Å². The Bertz CT molecular complexity index is 1010. The second-order valence-corrected chi connectivity index (χ2v) is 7.77. The summed E-state index contributed by atoms with van der Waals surface area (Å²) in [7, 11) is 0. The zero-order valence-electron chi connectivity index (χ0n) is 17.0. The lowest BCUT2D eigenvalue weighted by Gasteiger charge is -2.30. The molecule has 1 fully saturated rings. The zero-order chi connectivity index (χ0) is 20.9. The number of amides is 1. The molecular weight excluding hydrogens is 376 g/mol. The number of anilines is 2. The molecule has 1 aliphatic carbocycles. The number of nitrogen functional groups attached to an aromatic ring is 1. The van der Waals surface area contributed by atoms with Crippen LogP contribution in [0, 0.1) is 6.92 Å². The van der Waals surface area contributed by atoms with Crippen LogP contribution >= 0.6 is 0 Å². The number of aromatic nitrogens is 3. The fourth-order valence-corrected chi connectivity index (χ4v) is 3.84. The van der Waals surface area contributed by atoms with Crippen LogP contribution in [0.5, 0.6) is 0 Å². The van der Waals surface area contributed by atoms with Crippen molar-refractivity contribution >= 4 is 17.5 Å². The van der Waals surface area contributed by atoms with E-state index in [4.69, 9.17) is 10.7 Å². The molecule has 7 nitrogen and oxygen atoms in total. The largest absolute Gasteiger partial charge is 0.399 e. The molecule has 0 radical (unpaired) electrons. The Kier molecular flexibility index (Phi) is 5.88. The lowest BCUT2D eigenvalue weighted by Crippen LogP contribution is -2.42. The van der Waals surface area contributed by atoms with Crippen LogP contribution in [0.3, 0.4) is 0 Å². The smallest absolute Gasteiger partial charge is 0.251 e. The van der Waals surface area contributed by atoms with Gasteiger partial charge in [0.15, 0.2) is 0 Å². The maximum Gasteiger partial charge on any atom is 0.251 e. The molecule has 0 saturated heterocycles. The third-order valence-electron chi connectivity index (χ3n) is 5.42. The van der Waals surface area contributed by atoms with Crippen LogP contribution in [0.2, 0.25) is 0 Å². The van der Waals surface area contributed by atoms with Crippen LogP contribution in [0.1, 0.15) is 41.6 Å². The van der Waals surface area contributed by atoms with Gasteiger partial charge in [0.05, 0.1) is 5.69 Å². The summed E-state index contributed by atoms with van der Waals surface area (Å²) < 4.78 is 0. The average Bonchev–Trinajstić information content (AvgIpc) is 2.76. The Balaban J connectivity index is 1.40. The molecular formula is C23H26N6O. The van der Waals surface area contributed by atoms with Crippen molar-refractivity contribution in [3.8, 4) is 11.3 Å².